The fourth-order valence-electron chi connectivity index (χ4n) is 4.12. The molecule has 2 N–H and O–H groups in total. The number of amides is 2. The number of hydrogen-bond acceptors (Lipinski definition) is 6. The maximum atomic E-state index is 12.9. The molecule has 0 radical (unpaired) electrons. The molecule has 2 aliphatic rings. The second-order valence-electron chi connectivity index (χ2n) is 9.08. The van der Waals surface area contributed by atoms with Gasteiger partial charge in [-0.25, -0.2) is 15.0 Å². The van der Waals surface area contributed by atoms with Crippen LogP contribution in [0.15, 0.2) is 6.20 Å². The third kappa shape index (κ3) is 3.66. The summed E-state index contributed by atoms with van der Waals surface area (Å²) >= 11 is 1.53. The van der Waals surface area contributed by atoms with E-state index < -0.39 is 11.9 Å². The van der Waals surface area contributed by atoms with E-state index in [9.17, 15) is 9.59 Å². The predicted octanol–water partition coefficient (Wildman–Crippen LogP) is 2.26. The van der Waals surface area contributed by atoms with Gasteiger partial charge in [0.25, 0.3) is 0 Å². The lowest BCUT2D eigenvalue weighted by atomic mass is 9.94. The number of nitrogens with two attached hydrogens (primary N) is 1. The van der Waals surface area contributed by atoms with E-state index in [1.165, 1.54) is 11.3 Å². The van der Waals surface area contributed by atoms with E-state index in [-0.39, 0.29) is 23.7 Å². The monoisotopic (exact) mass is 413 g/mol. The number of nitrogens with zero attached hydrogens (tertiary/aromatic N) is 4. The summed E-state index contributed by atoms with van der Waals surface area (Å²) in [5.74, 6) is 0.399. The summed E-state index contributed by atoms with van der Waals surface area (Å²) in [6.07, 6.45) is 4.61. The van der Waals surface area contributed by atoms with Crippen molar-refractivity contribution in [2.45, 2.75) is 64.8 Å². The lowest BCUT2D eigenvalue weighted by molar-refractivity contribution is -0.137. The Hall–Kier alpha value is -2.35. The van der Waals surface area contributed by atoms with Crippen molar-refractivity contribution in [1.82, 2.24) is 19.9 Å². The minimum Gasteiger partial charge on any atom is -0.368 e. The SMILES string of the molecule is C[C@@H]1CCN(C(=O)Cc2nc3c(s2)-c2nc(C(C)(C)C)ncc2CC3)[C@@H]1C(N)=O. The van der Waals surface area contributed by atoms with E-state index in [2.05, 4.69) is 25.8 Å². The number of fused-ring (bicyclic) bond motifs is 3. The standard InChI is InChI=1S/C21H27N5O2S/c1-11-7-8-26(17(11)19(22)28)15(27)9-14-24-13-6-5-12-10-23-20(21(2,3)4)25-16(12)18(13)29-14/h10-11,17H,5-9H2,1-4H3,(H2,22,28)/t11-,17+/m1/s1. The number of aryl methyl sites for hydroxylation is 2. The van der Waals surface area contributed by atoms with Crippen molar-refractivity contribution in [2.24, 2.45) is 11.7 Å². The van der Waals surface area contributed by atoms with E-state index in [4.69, 9.17) is 15.7 Å². The zero-order chi connectivity index (χ0) is 20.9. The first kappa shape index (κ1) is 19.9. The summed E-state index contributed by atoms with van der Waals surface area (Å²) < 4.78 is 0. The van der Waals surface area contributed by atoms with Crippen LogP contribution in [0.2, 0.25) is 0 Å². The molecule has 0 saturated carbocycles. The van der Waals surface area contributed by atoms with Crippen LogP contribution in [0.25, 0.3) is 10.6 Å². The maximum Gasteiger partial charge on any atom is 0.240 e. The molecule has 1 aliphatic heterocycles. The molecule has 1 fully saturated rings. The summed E-state index contributed by atoms with van der Waals surface area (Å²) in [6, 6.07) is -0.514. The van der Waals surface area contributed by atoms with Crippen molar-refractivity contribution in [3.8, 4) is 10.6 Å². The maximum absolute atomic E-state index is 12.9. The van der Waals surface area contributed by atoms with Gasteiger partial charge in [0, 0.05) is 18.2 Å². The molecular formula is C21H27N5O2S. The first-order valence-electron chi connectivity index (χ1n) is 10.1. The second-order valence-corrected chi connectivity index (χ2v) is 10.2. The van der Waals surface area contributed by atoms with Gasteiger partial charge in [0.1, 0.15) is 16.9 Å². The summed E-state index contributed by atoms with van der Waals surface area (Å²) in [4.78, 5) is 41.5. The zero-order valence-corrected chi connectivity index (χ0v) is 18.2. The van der Waals surface area contributed by atoms with Crippen molar-refractivity contribution in [3.05, 3.63) is 28.3 Å². The highest BCUT2D eigenvalue weighted by Gasteiger charge is 2.38. The molecule has 0 aromatic carbocycles. The smallest absolute Gasteiger partial charge is 0.240 e. The quantitative estimate of drug-likeness (QED) is 0.831. The van der Waals surface area contributed by atoms with Gasteiger partial charge >= 0.3 is 0 Å². The van der Waals surface area contributed by atoms with Gasteiger partial charge in [0.05, 0.1) is 22.7 Å². The molecule has 4 rings (SSSR count). The van der Waals surface area contributed by atoms with Gasteiger partial charge in [-0.3, -0.25) is 9.59 Å². The largest absolute Gasteiger partial charge is 0.368 e. The Morgan fingerprint density at radius 1 is 1.28 bits per heavy atom. The molecule has 29 heavy (non-hydrogen) atoms. The van der Waals surface area contributed by atoms with E-state index in [0.29, 0.717) is 6.54 Å². The highest BCUT2D eigenvalue weighted by molar-refractivity contribution is 7.15. The Balaban J connectivity index is 1.60. The van der Waals surface area contributed by atoms with Gasteiger partial charge in [0.2, 0.25) is 11.8 Å². The van der Waals surface area contributed by atoms with Crippen LogP contribution in [0.4, 0.5) is 0 Å². The minimum atomic E-state index is -0.514. The molecular weight excluding hydrogens is 386 g/mol. The number of carbonyl (C=O) groups excluding carboxylic acids is 2. The molecule has 154 valence electrons. The molecule has 1 saturated heterocycles. The highest BCUT2D eigenvalue weighted by atomic mass is 32.1. The molecule has 8 heteroatoms. The third-order valence-electron chi connectivity index (χ3n) is 5.74. The lowest BCUT2D eigenvalue weighted by Gasteiger charge is -2.23. The Morgan fingerprint density at radius 3 is 2.72 bits per heavy atom. The number of rotatable bonds is 3. The van der Waals surface area contributed by atoms with Gasteiger partial charge in [0.15, 0.2) is 0 Å². The molecule has 2 atom stereocenters. The molecule has 0 bridgehead atoms. The molecule has 7 nitrogen and oxygen atoms in total. The zero-order valence-electron chi connectivity index (χ0n) is 17.4. The predicted molar refractivity (Wildman–Crippen MR) is 111 cm³/mol. The second kappa shape index (κ2) is 7.16. The molecule has 2 aromatic heterocycles. The van der Waals surface area contributed by atoms with Gasteiger partial charge in [-0.2, -0.15) is 0 Å². The third-order valence-corrected chi connectivity index (χ3v) is 6.84. The summed E-state index contributed by atoms with van der Waals surface area (Å²) in [6.45, 7) is 8.84. The highest BCUT2D eigenvalue weighted by Crippen LogP contribution is 2.37. The van der Waals surface area contributed by atoms with Gasteiger partial charge in [-0.05, 0) is 30.7 Å². The van der Waals surface area contributed by atoms with Crippen LogP contribution in [0.3, 0.4) is 0 Å². The minimum absolute atomic E-state index is 0.0810. The van der Waals surface area contributed by atoms with Crippen LogP contribution >= 0.6 is 11.3 Å². The van der Waals surface area contributed by atoms with E-state index >= 15 is 0 Å². The summed E-state index contributed by atoms with van der Waals surface area (Å²) in [5, 5.41) is 0.770. The average Bonchev–Trinajstić information content (AvgIpc) is 3.23. The average molecular weight is 414 g/mol. The Labute approximate surface area is 174 Å². The number of aromatic nitrogens is 3. The normalized spacial score (nSPS) is 21.0. The van der Waals surface area contributed by atoms with Crippen LogP contribution in [-0.2, 0) is 34.3 Å². The van der Waals surface area contributed by atoms with E-state index in [1.54, 1.807) is 4.90 Å². The van der Waals surface area contributed by atoms with Crippen molar-refractivity contribution >= 4 is 23.2 Å². The first-order chi connectivity index (χ1) is 13.6. The fraction of sp³-hybridized carbons (Fsp3) is 0.571. The number of hydrogen-bond donors (Lipinski definition) is 1. The molecule has 2 amide bonds. The number of primary amides is 1. The van der Waals surface area contributed by atoms with Crippen LogP contribution in [0, 0.1) is 5.92 Å². The van der Waals surface area contributed by atoms with Gasteiger partial charge in [-0.1, -0.05) is 27.7 Å². The van der Waals surface area contributed by atoms with Crippen LogP contribution in [0.1, 0.15) is 56.2 Å². The number of carbonyl (C=O) groups is 2. The van der Waals surface area contributed by atoms with Crippen LogP contribution in [-0.4, -0.2) is 44.3 Å². The Morgan fingerprint density at radius 2 is 2.03 bits per heavy atom. The number of likely N-dealkylation sites (tertiary alicyclic amines) is 1. The summed E-state index contributed by atoms with van der Waals surface area (Å²) in [7, 11) is 0. The lowest BCUT2D eigenvalue weighted by Crippen LogP contribution is -2.46. The topological polar surface area (TPSA) is 102 Å². The first-order valence-corrected chi connectivity index (χ1v) is 10.9. The molecule has 0 spiro atoms. The van der Waals surface area contributed by atoms with Crippen molar-refractivity contribution in [1.29, 1.82) is 0 Å². The molecule has 0 unspecified atom stereocenters. The van der Waals surface area contributed by atoms with E-state index in [1.807, 2.05) is 13.1 Å². The summed E-state index contributed by atoms with van der Waals surface area (Å²) in [5.41, 5.74) is 8.49. The fourth-order valence-corrected chi connectivity index (χ4v) is 5.25. The van der Waals surface area contributed by atoms with Gasteiger partial charge in [-0.15, -0.1) is 11.3 Å². The molecule has 1 aliphatic carbocycles. The molecule has 3 heterocycles. The van der Waals surface area contributed by atoms with E-state index in [0.717, 1.165) is 51.9 Å². The Kier molecular flexibility index (Phi) is 4.93. The van der Waals surface area contributed by atoms with Crippen molar-refractivity contribution in [3.63, 3.8) is 0 Å². The Bertz CT molecular complexity index is 978. The molecule has 2 aromatic rings. The van der Waals surface area contributed by atoms with Crippen molar-refractivity contribution < 1.29 is 9.59 Å². The van der Waals surface area contributed by atoms with Crippen LogP contribution in [0.5, 0.6) is 0 Å². The van der Waals surface area contributed by atoms with Gasteiger partial charge < -0.3 is 10.6 Å². The van der Waals surface area contributed by atoms with Crippen LogP contribution < -0.4 is 5.73 Å². The van der Waals surface area contributed by atoms with Crippen molar-refractivity contribution in [2.75, 3.05) is 6.54 Å². The number of thiazole rings is 1.